The van der Waals surface area contributed by atoms with Crippen LogP contribution < -0.4 is 4.72 Å². The van der Waals surface area contributed by atoms with E-state index in [1.165, 1.54) is 6.92 Å². The monoisotopic (exact) mass is 269 g/mol. The molecule has 0 aromatic carbocycles. The number of hydrogen-bond donors (Lipinski definition) is 1. The summed E-state index contributed by atoms with van der Waals surface area (Å²) in [5, 5.41) is 6.21. The normalized spacial score (nSPS) is 14.9. The van der Waals surface area contributed by atoms with Crippen molar-refractivity contribution in [3.8, 4) is 0 Å². The molecule has 0 saturated carbocycles. The summed E-state index contributed by atoms with van der Waals surface area (Å²) < 4.78 is 50.8. The first-order valence-electron chi connectivity index (χ1n) is 4.10. The first-order valence-corrected chi connectivity index (χ1v) is 7.88. The summed E-state index contributed by atoms with van der Waals surface area (Å²) in [6.07, 6.45) is 1.89. The molecule has 0 fully saturated rings. The lowest BCUT2D eigenvalue weighted by Crippen LogP contribution is -2.25. The average Bonchev–Trinajstić information content (AvgIpc) is 2.46. The van der Waals surface area contributed by atoms with E-state index in [4.69, 9.17) is 4.42 Å². The predicted octanol–water partition coefficient (Wildman–Crippen LogP) is -0.917. The summed E-state index contributed by atoms with van der Waals surface area (Å²) in [6.45, 7) is 1.46. The minimum atomic E-state index is -3.58. The Bertz CT molecular complexity index is 573. The van der Waals surface area contributed by atoms with Crippen molar-refractivity contribution in [1.82, 2.24) is 14.9 Å². The smallest absolute Gasteiger partial charge is 0.335 e. The number of hydrogen-bond acceptors (Lipinski definition) is 7. The van der Waals surface area contributed by atoms with Gasteiger partial charge in [0.25, 0.3) is 0 Å². The van der Waals surface area contributed by atoms with Gasteiger partial charge in [-0.15, -0.1) is 5.10 Å². The number of nitrogens with one attached hydrogen (secondary N) is 1. The van der Waals surface area contributed by atoms with Crippen molar-refractivity contribution in [1.29, 1.82) is 0 Å². The number of aromatic nitrogens is 2. The van der Waals surface area contributed by atoms with Crippen LogP contribution in [0.2, 0.25) is 0 Å². The molecule has 0 saturated heterocycles. The van der Waals surface area contributed by atoms with Gasteiger partial charge in [0.15, 0.2) is 0 Å². The van der Waals surface area contributed by atoms with E-state index in [1.807, 2.05) is 0 Å². The van der Waals surface area contributed by atoms with Gasteiger partial charge in [-0.25, -0.2) is 21.6 Å². The van der Waals surface area contributed by atoms with Gasteiger partial charge in [0.2, 0.25) is 25.8 Å². The molecule has 92 valence electrons. The largest absolute Gasteiger partial charge is 0.411 e. The molecule has 1 heterocycles. The summed E-state index contributed by atoms with van der Waals surface area (Å²) in [5.74, 6) is -0.106. The van der Waals surface area contributed by atoms with Gasteiger partial charge in [0, 0.05) is 6.26 Å². The second-order valence-electron chi connectivity index (χ2n) is 3.29. The molecule has 1 rings (SSSR count). The highest BCUT2D eigenvalue weighted by Gasteiger charge is 2.21. The van der Waals surface area contributed by atoms with Crippen molar-refractivity contribution in [3.63, 3.8) is 0 Å². The SMILES string of the molecule is C[C@H](NS(C)(=O)=O)c1nnc(S(C)(=O)=O)o1. The van der Waals surface area contributed by atoms with E-state index >= 15 is 0 Å². The molecule has 1 aromatic rings. The van der Waals surface area contributed by atoms with E-state index in [0.717, 1.165) is 12.5 Å². The quantitative estimate of drug-likeness (QED) is 0.750. The van der Waals surface area contributed by atoms with Gasteiger partial charge in [0.1, 0.15) is 0 Å². The Morgan fingerprint density at radius 1 is 1.19 bits per heavy atom. The fraction of sp³-hybridized carbons (Fsp3) is 0.667. The summed E-state index contributed by atoms with van der Waals surface area (Å²) in [6, 6.07) is -0.780. The first kappa shape index (κ1) is 13.1. The third-order valence-electron chi connectivity index (χ3n) is 1.50. The van der Waals surface area contributed by atoms with E-state index < -0.39 is 31.1 Å². The van der Waals surface area contributed by atoms with Crippen LogP contribution >= 0.6 is 0 Å². The molecule has 0 aliphatic heterocycles. The Balaban J connectivity index is 2.95. The third-order valence-corrected chi connectivity index (χ3v) is 3.08. The Morgan fingerprint density at radius 2 is 1.75 bits per heavy atom. The summed E-state index contributed by atoms with van der Waals surface area (Å²) in [4.78, 5) is 0. The molecule has 16 heavy (non-hydrogen) atoms. The predicted molar refractivity (Wildman–Crippen MR) is 53.8 cm³/mol. The van der Waals surface area contributed by atoms with Crippen molar-refractivity contribution >= 4 is 19.9 Å². The topological polar surface area (TPSA) is 119 Å². The van der Waals surface area contributed by atoms with Crippen molar-refractivity contribution in [2.24, 2.45) is 0 Å². The second-order valence-corrected chi connectivity index (χ2v) is 6.96. The molecule has 0 amide bonds. The van der Waals surface area contributed by atoms with Crippen LogP contribution in [0.5, 0.6) is 0 Å². The maximum atomic E-state index is 11.0. The van der Waals surface area contributed by atoms with Crippen molar-refractivity contribution in [3.05, 3.63) is 5.89 Å². The summed E-state index contributed by atoms with van der Waals surface area (Å²) >= 11 is 0. The summed E-state index contributed by atoms with van der Waals surface area (Å²) in [5.41, 5.74) is 0. The van der Waals surface area contributed by atoms with Crippen molar-refractivity contribution < 1.29 is 21.3 Å². The van der Waals surface area contributed by atoms with Crippen LogP contribution in [0.25, 0.3) is 0 Å². The minimum absolute atomic E-state index is 0.106. The third kappa shape index (κ3) is 3.54. The van der Waals surface area contributed by atoms with Gasteiger partial charge >= 0.3 is 5.22 Å². The van der Waals surface area contributed by atoms with Crippen LogP contribution in [0.4, 0.5) is 0 Å². The Kier molecular flexibility index (Phi) is 3.35. The molecular formula is C6H11N3O5S2. The van der Waals surface area contributed by atoms with E-state index in [2.05, 4.69) is 14.9 Å². The molecule has 8 nitrogen and oxygen atoms in total. The van der Waals surface area contributed by atoms with E-state index in [-0.39, 0.29) is 5.89 Å². The number of nitrogens with zero attached hydrogens (tertiary/aromatic N) is 2. The molecule has 0 spiro atoms. The van der Waals surface area contributed by atoms with Crippen LogP contribution in [-0.2, 0) is 19.9 Å². The number of rotatable bonds is 4. The molecule has 0 aliphatic rings. The highest BCUT2D eigenvalue weighted by molar-refractivity contribution is 7.90. The molecule has 0 aliphatic carbocycles. The molecule has 1 atom stereocenters. The van der Waals surface area contributed by atoms with Crippen LogP contribution in [0, 0.1) is 0 Å². The molecular weight excluding hydrogens is 258 g/mol. The maximum Gasteiger partial charge on any atom is 0.335 e. The van der Waals surface area contributed by atoms with Gasteiger partial charge in [-0.05, 0) is 6.92 Å². The highest BCUT2D eigenvalue weighted by Crippen LogP contribution is 2.14. The van der Waals surface area contributed by atoms with Gasteiger partial charge in [0.05, 0.1) is 12.3 Å². The standard InChI is InChI=1S/C6H11N3O5S2/c1-4(9-16(3,12)13)5-7-8-6(14-5)15(2,10)11/h4,9H,1-3H3/t4-/m0/s1. The van der Waals surface area contributed by atoms with E-state index in [0.29, 0.717) is 0 Å². The van der Waals surface area contributed by atoms with Crippen LogP contribution in [0.15, 0.2) is 9.64 Å². The van der Waals surface area contributed by atoms with Gasteiger partial charge in [-0.2, -0.15) is 0 Å². The number of sulfonamides is 1. The summed E-state index contributed by atoms with van der Waals surface area (Å²) in [7, 11) is -7.00. The zero-order valence-corrected chi connectivity index (χ0v) is 10.5. The van der Waals surface area contributed by atoms with E-state index in [9.17, 15) is 16.8 Å². The fourth-order valence-electron chi connectivity index (χ4n) is 0.917. The Hall–Kier alpha value is -1.00. The molecule has 1 N–H and O–H groups in total. The Labute approximate surface area is 93.0 Å². The Morgan fingerprint density at radius 3 is 2.12 bits per heavy atom. The van der Waals surface area contributed by atoms with Gasteiger partial charge < -0.3 is 4.42 Å². The lowest BCUT2D eigenvalue weighted by molar-refractivity contribution is 0.373. The zero-order valence-electron chi connectivity index (χ0n) is 8.83. The molecule has 0 radical (unpaired) electrons. The first-order chi connectivity index (χ1) is 7.09. The van der Waals surface area contributed by atoms with Gasteiger partial charge in [-0.1, -0.05) is 5.10 Å². The molecule has 10 heteroatoms. The lowest BCUT2D eigenvalue weighted by atomic mass is 10.4. The van der Waals surface area contributed by atoms with Gasteiger partial charge in [-0.3, -0.25) is 0 Å². The molecule has 1 aromatic heterocycles. The maximum absolute atomic E-state index is 11.0. The average molecular weight is 269 g/mol. The zero-order chi connectivity index (χ0) is 12.6. The second kappa shape index (κ2) is 4.11. The number of sulfone groups is 1. The lowest BCUT2D eigenvalue weighted by Gasteiger charge is -2.06. The molecule has 0 unspecified atom stereocenters. The van der Waals surface area contributed by atoms with Crippen molar-refractivity contribution in [2.45, 2.75) is 18.2 Å². The van der Waals surface area contributed by atoms with Crippen LogP contribution in [0.1, 0.15) is 18.9 Å². The van der Waals surface area contributed by atoms with Crippen LogP contribution in [0.3, 0.4) is 0 Å². The minimum Gasteiger partial charge on any atom is -0.411 e. The van der Waals surface area contributed by atoms with Crippen LogP contribution in [-0.4, -0.2) is 39.5 Å². The van der Waals surface area contributed by atoms with E-state index in [1.54, 1.807) is 0 Å². The fourth-order valence-corrected chi connectivity index (χ4v) is 2.09. The van der Waals surface area contributed by atoms with Crippen molar-refractivity contribution in [2.75, 3.05) is 12.5 Å². The molecule has 0 bridgehead atoms. The highest BCUT2D eigenvalue weighted by atomic mass is 32.2.